The maximum absolute atomic E-state index is 11.8. The van der Waals surface area contributed by atoms with Crippen molar-refractivity contribution in [3.05, 3.63) is 64.1 Å². The zero-order valence-electron chi connectivity index (χ0n) is 11.5. The second kappa shape index (κ2) is 7.59. The number of carbonyl (C=O) groups is 1. The van der Waals surface area contributed by atoms with Crippen LogP contribution in [0.1, 0.15) is 22.8 Å². The van der Waals surface area contributed by atoms with Crippen LogP contribution in [0, 0.1) is 0 Å². The predicted octanol–water partition coefficient (Wildman–Crippen LogP) is 3.61. The molecule has 0 atom stereocenters. The largest absolute Gasteiger partial charge is 0.493 e. The van der Waals surface area contributed by atoms with Gasteiger partial charge in [-0.15, -0.1) is 0 Å². The van der Waals surface area contributed by atoms with Gasteiger partial charge in [0.2, 0.25) is 0 Å². The number of benzene rings is 2. The van der Waals surface area contributed by atoms with Gasteiger partial charge < -0.3 is 4.74 Å². The van der Waals surface area contributed by atoms with E-state index in [1.54, 1.807) is 30.5 Å². The fourth-order valence-corrected chi connectivity index (χ4v) is 2.10. The normalized spacial score (nSPS) is 10.6. The SMILES string of the molecule is CCOc1ccc(Br)cc1C=NNC(=O)c1ccccc1. The number of nitrogens with one attached hydrogen (secondary N) is 1. The zero-order chi connectivity index (χ0) is 15.1. The van der Waals surface area contributed by atoms with Gasteiger partial charge in [-0.05, 0) is 37.3 Å². The summed E-state index contributed by atoms with van der Waals surface area (Å²) >= 11 is 3.40. The first-order valence-corrected chi connectivity index (χ1v) is 7.31. The molecular weight excluding hydrogens is 332 g/mol. The predicted molar refractivity (Wildman–Crippen MR) is 86.8 cm³/mol. The molecule has 1 amide bonds. The quantitative estimate of drug-likeness (QED) is 0.664. The van der Waals surface area contributed by atoms with E-state index in [0.29, 0.717) is 12.2 Å². The molecule has 5 heteroatoms. The van der Waals surface area contributed by atoms with Crippen LogP contribution in [-0.4, -0.2) is 18.7 Å². The standard InChI is InChI=1S/C16H15BrN2O2/c1-2-21-15-9-8-14(17)10-13(15)11-18-19-16(20)12-6-4-3-5-7-12/h3-11H,2H2,1H3,(H,19,20). The molecule has 0 fully saturated rings. The van der Waals surface area contributed by atoms with Crippen LogP contribution in [0.15, 0.2) is 58.1 Å². The molecule has 2 aromatic carbocycles. The highest BCUT2D eigenvalue weighted by Gasteiger charge is 2.04. The molecule has 1 N–H and O–H groups in total. The summed E-state index contributed by atoms with van der Waals surface area (Å²) in [6.07, 6.45) is 1.57. The lowest BCUT2D eigenvalue weighted by atomic mass is 10.2. The molecule has 0 aliphatic heterocycles. The summed E-state index contributed by atoms with van der Waals surface area (Å²) in [6, 6.07) is 14.6. The number of ether oxygens (including phenoxy) is 1. The van der Waals surface area contributed by atoms with E-state index in [-0.39, 0.29) is 5.91 Å². The third-order valence-corrected chi connectivity index (χ3v) is 3.17. The molecule has 2 rings (SSSR count). The topological polar surface area (TPSA) is 50.7 Å². The molecule has 0 spiro atoms. The van der Waals surface area contributed by atoms with E-state index in [9.17, 15) is 4.79 Å². The first-order valence-electron chi connectivity index (χ1n) is 6.51. The van der Waals surface area contributed by atoms with Crippen molar-refractivity contribution in [3.63, 3.8) is 0 Å². The van der Waals surface area contributed by atoms with E-state index in [1.807, 2.05) is 31.2 Å². The Kier molecular flexibility index (Phi) is 5.51. The van der Waals surface area contributed by atoms with Gasteiger partial charge in [0.25, 0.3) is 5.91 Å². The Bertz CT molecular complexity index is 642. The van der Waals surface area contributed by atoms with Crippen LogP contribution in [0.2, 0.25) is 0 Å². The number of hydrazone groups is 1. The van der Waals surface area contributed by atoms with Gasteiger partial charge in [-0.1, -0.05) is 34.1 Å². The maximum atomic E-state index is 11.8. The van der Waals surface area contributed by atoms with E-state index < -0.39 is 0 Å². The monoisotopic (exact) mass is 346 g/mol. The van der Waals surface area contributed by atoms with Crippen molar-refractivity contribution in [2.75, 3.05) is 6.61 Å². The third-order valence-electron chi connectivity index (χ3n) is 2.68. The van der Waals surface area contributed by atoms with Crippen molar-refractivity contribution in [3.8, 4) is 5.75 Å². The van der Waals surface area contributed by atoms with Crippen molar-refractivity contribution < 1.29 is 9.53 Å². The number of hydrogen-bond acceptors (Lipinski definition) is 3. The molecule has 2 aromatic rings. The summed E-state index contributed by atoms with van der Waals surface area (Å²) in [5.74, 6) is 0.471. The highest BCUT2D eigenvalue weighted by atomic mass is 79.9. The van der Waals surface area contributed by atoms with Gasteiger partial charge in [-0.3, -0.25) is 4.79 Å². The summed E-state index contributed by atoms with van der Waals surface area (Å²) in [7, 11) is 0. The summed E-state index contributed by atoms with van der Waals surface area (Å²) < 4.78 is 6.43. The van der Waals surface area contributed by atoms with Crippen LogP contribution in [0.4, 0.5) is 0 Å². The number of amides is 1. The van der Waals surface area contributed by atoms with Crippen LogP contribution in [0.25, 0.3) is 0 Å². The van der Waals surface area contributed by atoms with Gasteiger partial charge in [0.1, 0.15) is 5.75 Å². The molecule has 0 aromatic heterocycles. The zero-order valence-corrected chi connectivity index (χ0v) is 13.1. The van der Waals surface area contributed by atoms with Gasteiger partial charge in [-0.2, -0.15) is 5.10 Å². The average Bonchev–Trinajstić information content (AvgIpc) is 2.51. The smallest absolute Gasteiger partial charge is 0.271 e. The lowest BCUT2D eigenvalue weighted by molar-refractivity contribution is 0.0955. The van der Waals surface area contributed by atoms with E-state index in [1.165, 1.54) is 0 Å². The van der Waals surface area contributed by atoms with E-state index in [0.717, 1.165) is 15.8 Å². The average molecular weight is 347 g/mol. The number of rotatable bonds is 5. The molecule has 0 bridgehead atoms. The Morgan fingerprint density at radius 3 is 2.76 bits per heavy atom. The lowest BCUT2D eigenvalue weighted by Crippen LogP contribution is -2.17. The molecule has 0 unspecified atom stereocenters. The number of halogens is 1. The molecular formula is C16H15BrN2O2. The van der Waals surface area contributed by atoms with Crippen LogP contribution in [0.3, 0.4) is 0 Å². The second-order valence-electron chi connectivity index (χ2n) is 4.18. The van der Waals surface area contributed by atoms with Crippen molar-refractivity contribution >= 4 is 28.1 Å². The van der Waals surface area contributed by atoms with Crippen LogP contribution in [-0.2, 0) is 0 Å². The second-order valence-corrected chi connectivity index (χ2v) is 5.10. The summed E-state index contributed by atoms with van der Waals surface area (Å²) in [4.78, 5) is 11.8. The van der Waals surface area contributed by atoms with Crippen LogP contribution in [0.5, 0.6) is 5.75 Å². The van der Waals surface area contributed by atoms with Gasteiger partial charge in [0.05, 0.1) is 12.8 Å². The minimum Gasteiger partial charge on any atom is -0.493 e. The maximum Gasteiger partial charge on any atom is 0.271 e. The van der Waals surface area contributed by atoms with Gasteiger partial charge in [0, 0.05) is 15.6 Å². The summed E-state index contributed by atoms with van der Waals surface area (Å²) in [6.45, 7) is 2.49. The van der Waals surface area contributed by atoms with Crippen molar-refractivity contribution in [1.29, 1.82) is 0 Å². The lowest BCUT2D eigenvalue weighted by Gasteiger charge is -2.07. The Balaban J connectivity index is 2.07. The van der Waals surface area contributed by atoms with E-state index >= 15 is 0 Å². The van der Waals surface area contributed by atoms with Gasteiger partial charge in [-0.25, -0.2) is 5.43 Å². The fourth-order valence-electron chi connectivity index (χ4n) is 1.72. The Morgan fingerprint density at radius 2 is 2.05 bits per heavy atom. The van der Waals surface area contributed by atoms with Crippen molar-refractivity contribution in [2.45, 2.75) is 6.92 Å². The molecule has 0 radical (unpaired) electrons. The highest BCUT2D eigenvalue weighted by molar-refractivity contribution is 9.10. The first kappa shape index (κ1) is 15.3. The number of nitrogens with zero attached hydrogens (tertiary/aromatic N) is 1. The molecule has 4 nitrogen and oxygen atoms in total. The minimum absolute atomic E-state index is 0.250. The molecule has 0 aliphatic carbocycles. The molecule has 0 aliphatic rings. The summed E-state index contributed by atoms with van der Waals surface area (Å²) in [5.41, 5.74) is 3.85. The molecule has 0 heterocycles. The van der Waals surface area contributed by atoms with Crippen molar-refractivity contribution in [2.24, 2.45) is 5.10 Å². The van der Waals surface area contributed by atoms with Crippen LogP contribution >= 0.6 is 15.9 Å². The first-order chi connectivity index (χ1) is 10.2. The Labute approximate surface area is 132 Å². The van der Waals surface area contributed by atoms with E-state index in [2.05, 4.69) is 26.5 Å². The minimum atomic E-state index is -0.250. The molecule has 0 saturated heterocycles. The Morgan fingerprint density at radius 1 is 1.29 bits per heavy atom. The molecule has 0 saturated carbocycles. The third kappa shape index (κ3) is 4.43. The number of hydrogen-bond donors (Lipinski definition) is 1. The van der Waals surface area contributed by atoms with Crippen molar-refractivity contribution in [1.82, 2.24) is 5.43 Å². The molecule has 108 valence electrons. The van der Waals surface area contributed by atoms with Gasteiger partial charge >= 0.3 is 0 Å². The van der Waals surface area contributed by atoms with Gasteiger partial charge in [0.15, 0.2) is 0 Å². The molecule has 21 heavy (non-hydrogen) atoms. The fraction of sp³-hybridized carbons (Fsp3) is 0.125. The summed E-state index contributed by atoms with van der Waals surface area (Å²) in [5, 5.41) is 3.98. The highest BCUT2D eigenvalue weighted by Crippen LogP contribution is 2.21. The number of carbonyl (C=O) groups excluding carboxylic acids is 1. The Hall–Kier alpha value is -2.14. The van der Waals surface area contributed by atoms with E-state index in [4.69, 9.17) is 4.74 Å². The van der Waals surface area contributed by atoms with Crippen LogP contribution < -0.4 is 10.2 Å².